The fourth-order valence-electron chi connectivity index (χ4n) is 4.03. The molecule has 6 nitrogen and oxygen atoms in total. The van der Waals surface area contributed by atoms with Gasteiger partial charge in [0.2, 0.25) is 11.2 Å². The van der Waals surface area contributed by atoms with Crippen molar-refractivity contribution in [3.8, 4) is 0 Å². The summed E-state index contributed by atoms with van der Waals surface area (Å²) in [5.74, 6) is 0.370. The normalized spacial score (nSPS) is 20.4. The third-order valence-electron chi connectivity index (χ3n) is 5.51. The standard InChI is InChI=1S/C19H32N4O2/c1-19(2,3)18(24)20-17-14-22(21-25-17)23(15-10-6-4-7-11-15)16-12-8-5-9-13-16/h14-16H,4-13H2,1-3H3/p+1. The van der Waals surface area contributed by atoms with Crippen molar-refractivity contribution in [2.45, 2.75) is 97.1 Å². The van der Waals surface area contributed by atoms with Crippen LogP contribution < -0.4 is 15.1 Å². The minimum Gasteiger partial charge on any atom is -0.288 e. The molecule has 6 heteroatoms. The highest BCUT2D eigenvalue weighted by atomic mass is 16.5. The Bertz CT molecular complexity index is 548. The first-order valence-electron chi connectivity index (χ1n) is 9.94. The van der Waals surface area contributed by atoms with Crippen LogP contribution >= 0.6 is 0 Å². The van der Waals surface area contributed by atoms with E-state index in [1.807, 2.05) is 31.8 Å². The Morgan fingerprint density at radius 3 is 2.08 bits per heavy atom. The van der Waals surface area contributed by atoms with E-state index in [0.29, 0.717) is 18.0 Å². The quantitative estimate of drug-likeness (QED) is 0.845. The van der Waals surface area contributed by atoms with E-state index in [-0.39, 0.29) is 5.91 Å². The summed E-state index contributed by atoms with van der Waals surface area (Å²) in [7, 11) is 0. The average molecular weight is 349 g/mol. The number of hydrogen-bond donors (Lipinski definition) is 1. The van der Waals surface area contributed by atoms with Gasteiger partial charge in [-0.1, -0.05) is 59.3 Å². The van der Waals surface area contributed by atoms with E-state index in [4.69, 9.17) is 4.52 Å². The van der Waals surface area contributed by atoms with Gasteiger partial charge in [-0.05, 0) is 25.7 Å². The molecule has 2 saturated carbocycles. The number of carbonyl (C=O) groups is 1. The Kier molecular flexibility index (Phi) is 5.64. The van der Waals surface area contributed by atoms with Gasteiger partial charge in [-0.3, -0.25) is 14.6 Å². The molecule has 0 radical (unpaired) electrons. The number of carbonyl (C=O) groups excluding carboxylic acids is 1. The number of aromatic nitrogens is 2. The molecular weight excluding hydrogens is 316 g/mol. The summed E-state index contributed by atoms with van der Waals surface area (Å²) in [5.41, 5.74) is -0.454. The number of nitrogens with zero attached hydrogens (tertiary/aromatic N) is 3. The molecule has 140 valence electrons. The predicted octanol–water partition coefficient (Wildman–Crippen LogP) is 3.55. The zero-order valence-corrected chi connectivity index (χ0v) is 16.0. The predicted molar refractivity (Wildman–Crippen MR) is 96.7 cm³/mol. The van der Waals surface area contributed by atoms with Crippen LogP contribution in [0.1, 0.15) is 85.0 Å². The Balaban J connectivity index is 1.77. The lowest BCUT2D eigenvalue weighted by molar-refractivity contribution is -0.766. The molecule has 0 aliphatic heterocycles. The van der Waals surface area contributed by atoms with Crippen molar-refractivity contribution in [2.75, 3.05) is 10.3 Å². The highest BCUT2D eigenvalue weighted by molar-refractivity contribution is 5.93. The molecule has 1 N–H and O–H groups in total. The van der Waals surface area contributed by atoms with Gasteiger partial charge in [-0.25, -0.2) is 0 Å². The largest absolute Gasteiger partial charge is 0.305 e. The van der Waals surface area contributed by atoms with E-state index in [0.717, 1.165) is 0 Å². The van der Waals surface area contributed by atoms with Crippen LogP contribution in [0.3, 0.4) is 0 Å². The minimum atomic E-state index is -0.454. The van der Waals surface area contributed by atoms with Gasteiger partial charge in [0.25, 0.3) is 6.20 Å². The molecule has 2 fully saturated rings. The van der Waals surface area contributed by atoms with E-state index >= 15 is 0 Å². The topological polar surface area (TPSA) is 62.3 Å². The van der Waals surface area contributed by atoms with Crippen molar-refractivity contribution in [3.05, 3.63) is 6.20 Å². The third-order valence-corrected chi connectivity index (χ3v) is 5.51. The molecule has 0 aromatic carbocycles. The van der Waals surface area contributed by atoms with Crippen molar-refractivity contribution in [2.24, 2.45) is 5.41 Å². The molecular formula is C19H33N4O2+. The molecule has 0 unspecified atom stereocenters. The maximum Gasteiger partial charge on any atom is 0.305 e. The number of hydrogen-bond acceptors (Lipinski definition) is 4. The van der Waals surface area contributed by atoms with Gasteiger partial charge in [-0.15, -0.1) is 5.01 Å². The molecule has 0 spiro atoms. The fraction of sp³-hybridized carbons (Fsp3) is 0.842. The highest BCUT2D eigenvalue weighted by Gasteiger charge is 2.37. The van der Waals surface area contributed by atoms with Gasteiger partial charge in [0.1, 0.15) is 0 Å². The van der Waals surface area contributed by atoms with Gasteiger partial charge in [0.05, 0.1) is 16.9 Å². The second kappa shape index (κ2) is 7.75. The van der Waals surface area contributed by atoms with Gasteiger partial charge in [0, 0.05) is 5.41 Å². The van der Waals surface area contributed by atoms with Crippen LogP contribution in [-0.4, -0.2) is 23.3 Å². The maximum atomic E-state index is 12.2. The number of rotatable bonds is 4. The monoisotopic (exact) mass is 349 g/mol. The molecule has 1 aromatic rings. The molecule has 3 rings (SSSR count). The summed E-state index contributed by atoms with van der Waals surface area (Å²) in [6.07, 6.45) is 14.6. The molecule has 1 aromatic heterocycles. The molecule has 2 aliphatic rings. The van der Waals surface area contributed by atoms with Gasteiger partial charge < -0.3 is 0 Å². The third kappa shape index (κ3) is 4.53. The molecule has 1 amide bonds. The highest BCUT2D eigenvalue weighted by Crippen LogP contribution is 2.27. The second-order valence-corrected chi connectivity index (χ2v) is 8.65. The lowest BCUT2D eigenvalue weighted by Gasteiger charge is -2.35. The zero-order valence-electron chi connectivity index (χ0n) is 16.0. The van der Waals surface area contributed by atoms with Crippen molar-refractivity contribution < 1.29 is 14.1 Å². The molecule has 25 heavy (non-hydrogen) atoms. The average Bonchev–Trinajstić information content (AvgIpc) is 3.04. The summed E-state index contributed by atoms with van der Waals surface area (Å²) < 4.78 is 5.43. The van der Waals surface area contributed by atoms with E-state index in [1.165, 1.54) is 64.2 Å². The zero-order chi connectivity index (χ0) is 17.9. The number of nitrogens with one attached hydrogen (secondary N) is 1. The molecule has 0 saturated heterocycles. The van der Waals surface area contributed by atoms with E-state index in [2.05, 4.69) is 15.6 Å². The van der Waals surface area contributed by atoms with Crippen molar-refractivity contribution in [1.82, 2.24) is 5.27 Å². The summed E-state index contributed by atoms with van der Waals surface area (Å²) in [6, 6.07) is 1.05. The van der Waals surface area contributed by atoms with Crippen LogP contribution in [0.25, 0.3) is 0 Å². The minimum absolute atomic E-state index is 0.0577. The molecule has 2 aliphatic carbocycles. The molecule has 0 bridgehead atoms. The van der Waals surface area contributed by atoms with Crippen LogP contribution in [-0.2, 0) is 4.79 Å². The van der Waals surface area contributed by atoms with E-state index < -0.39 is 5.41 Å². The van der Waals surface area contributed by atoms with Gasteiger partial charge >= 0.3 is 5.88 Å². The Hall–Kier alpha value is -1.59. The SMILES string of the molecule is CC(C)(C)C(=O)Nc1c[n+](N(C2CCCCC2)C2CCCCC2)no1. The fourth-order valence-corrected chi connectivity index (χ4v) is 4.03. The first-order valence-corrected chi connectivity index (χ1v) is 9.94. The van der Waals surface area contributed by atoms with Crippen molar-refractivity contribution in [1.29, 1.82) is 0 Å². The van der Waals surface area contributed by atoms with Crippen LogP contribution in [0.15, 0.2) is 10.7 Å². The Morgan fingerprint density at radius 2 is 1.60 bits per heavy atom. The number of anilines is 1. The van der Waals surface area contributed by atoms with E-state index in [9.17, 15) is 4.79 Å². The molecule has 0 atom stereocenters. The summed E-state index contributed by atoms with van der Waals surface area (Å²) in [5, 5.41) is 9.54. The van der Waals surface area contributed by atoms with Crippen LogP contribution in [0.2, 0.25) is 0 Å². The van der Waals surface area contributed by atoms with Gasteiger partial charge in [0.15, 0.2) is 0 Å². The summed E-state index contributed by atoms with van der Waals surface area (Å²) in [4.78, 5) is 14.1. The maximum absolute atomic E-state index is 12.2. The number of amides is 1. The summed E-state index contributed by atoms with van der Waals surface area (Å²) in [6.45, 7) is 5.68. The first-order chi connectivity index (χ1) is 11.9. The van der Waals surface area contributed by atoms with Crippen LogP contribution in [0, 0.1) is 5.41 Å². The Morgan fingerprint density at radius 1 is 1.08 bits per heavy atom. The van der Waals surface area contributed by atoms with Crippen molar-refractivity contribution >= 4 is 11.8 Å². The lowest BCUT2D eigenvalue weighted by atomic mass is 9.90. The molecule has 1 heterocycles. The summed E-state index contributed by atoms with van der Waals surface area (Å²) >= 11 is 0. The first kappa shape index (κ1) is 18.2. The lowest BCUT2D eigenvalue weighted by Crippen LogP contribution is -2.68. The smallest absolute Gasteiger partial charge is 0.288 e. The van der Waals surface area contributed by atoms with Crippen LogP contribution in [0.4, 0.5) is 5.88 Å². The second-order valence-electron chi connectivity index (χ2n) is 8.65. The Labute approximate surface area is 150 Å². The van der Waals surface area contributed by atoms with Crippen LogP contribution in [0.5, 0.6) is 0 Å². The van der Waals surface area contributed by atoms with Crippen molar-refractivity contribution in [3.63, 3.8) is 0 Å². The van der Waals surface area contributed by atoms with Gasteiger partial charge in [-0.2, -0.15) is 0 Å². The van der Waals surface area contributed by atoms with E-state index in [1.54, 1.807) is 0 Å².